The summed E-state index contributed by atoms with van der Waals surface area (Å²) in [5.41, 5.74) is 0.306. The van der Waals surface area contributed by atoms with Gasteiger partial charge in [0.15, 0.2) is 0 Å². The normalized spacial score (nSPS) is 38.7. The minimum absolute atomic E-state index is 0.306. The van der Waals surface area contributed by atoms with E-state index < -0.39 is 0 Å². The molecule has 2 atom stereocenters. The molecule has 0 spiro atoms. The summed E-state index contributed by atoms with van der Waals surface area (Å²) in [5.74, 6) is 1.88. The van der Waals surface area contributed by atoms with Gasteiger partial charge in [-0.1, -0.05) is 0 Å². The molecule has 0 aromatic carbocycles. The fourth-order valence-corrected chi connectivity index (χ4v) is 4.13. The van der Waals surface area contributed by atoms with Gasteiger partial charge in [0.25, 0.3) is 0 Å². The van der Waals surface area contributed by atoms with Gasteiger partial charge in [-0.25, -0.2) is 0 Å². The molecular formula is C17H29NO2. The topological polar surface area (TPSA) is 21.7 Å². The summed E-state index contributed by atoms with van der Waals surface area (Å²) in [7, 11) is 0. The van der Waals surface area contributed by atoms with Crippen molar-refractivity contribution in [2.45, 2.75) is 51.0 Å². The maximum absolute atomic E-state index is 6.12. The number of ether oxygens (including phenoxy) is 2. The van der Waals surface area contributed by atoms with E-state index >= 15 is 0 Å². The third-order valence-corrected chi connectivity index (χ3v) is 5.72. The number of nitrogens with zero attached hydrogens (tertiary/aromatic N) is 1. The average molecular weight is 279 g/mol. The Morgan fingerprint density at radius 3 is 2.75 bits per heavy atom. The van der Waals surface area contributed by atoms with Crippen LogP contribution in [0.1, 0.15) is 44.9 Å². The SMILES string of the molecule is C1CO[C@@H]2CCN(CC3CC3)C[C@]2(COCC2CC2)C1. The van der Waals surface area contributed by atoms with E-state index in [-0.39, 0.29) is 0 Å². The summed E-state index contributed by atoms with van der Waals surface area (Å²) in [6, 6.07) is 0. The van der Waals surface area contributed by atoms with Gasteiger partial charge in [0, 0.05) is 38.3 Å². The first kappa shape index (κ1) is 13.5. The van der Waals surface area contributed by atoms with Gasteiger partial charge in [-0.3, -0.25) is 0 Å². The fraction of sp³-hybridized carbons (Fsp3) is 1.00. The second-order valence-corrected chi connectivity index (χ2v) is 7.75. The predicted octanol–water partition coefficient (Wildman–Crippen LogP) is 2.69. The summed E-state index contributed by atoms with van der Waals surface area (Å²) in [5, 5.41) is 0. The van der Waals surface area contributed by atoms with Crippen molar-refractivity contribution >= 4 is 0 Å². The summed E-state index contributed by atoms with van der Waals surface area (Å²) < 4.78 is 12.2. The lowest BCUT2D eigenvalue weighted by Crippen LogP contribution is -2.57. The quantitative estimate of drug-likeness (QED) is 0.746. The van der Waals surface area contributed by atoms with Crippen LogP contribution in [-0.4, -0.2) is 50.5 Å². The molecular weight excluding hydrogens is 250 g/mol. The molecule has 114 valence electrons. The van der Waals surface area contributed by atoms with E-state index in [0.29, 0.717) is 11.5 Å². The average Bonchev–Trinajstić information content (AvgIpc) is 3.34. The van der Waals surface area contributed by atoms with Gasteiger partial charge < -0.3 is 14.4 Å². The molecule has 0 bridgehead atoms. The first-order valence-corrected chi connectivity index (χ1v) is 8.76. The summed E-state index contributed by atoms with van der Waals surface area (Å²) in [4.78, 5) is 2.71. The number of hydrogen-bond acceptors (Lipinski definition) is 3. The molecule has 2 saturated carbocycles. The van der Waals surface area contributed by atoms with Crippen LogP contribution in [0.3, 0.4) is 0 Å². The van der Waals surface area contributed by atoms with E-state index in [1.165, 1.54) is 64.6 Å². The second kappa shape index (κ2) is 5.58. The molecule has 0 aromatic heterocycles. The second-order valence-electron chi connectivity index (χ2n) is 7.75. The Hall–Kier alpha value is -0.120. The monoisotopic (exact) mass is 279 g/mol. The lowest BCUT2D eigenvalue weighted by Gasteiger charge is -2.50. The molecule has 0 unspecified atom stereocenters. The minimum atomic E-state index is 0.306. The van der Waals surface area contributed by atoms with Crippen LogP contribution in [0.5, 0.6) is 0 Å². The lowest BCUT2D eigenvalue weighted by molar-refractivity contribution is -0.153. The van der Waals surface area contributed by atoms with Crippen LogP contribution in [0, 0.1) is 17.3 Å². The van der Waals surface area contributed by atoms with Gasteiger partial charge in [-0.2, -0.15) is 0 Å². The fourth-order valence-electron chi connectivity index (χ4n) is 4.13. The highest BCUT2D eigenvalue weighted by atomic mass is 16.5. The largest absolute Gasteiger partial charge is 0.380 e. The zero-order valence-electron chi connectivity index (χ0n) is 12.7. The molecule has 2 aliphatic heterocycles. The summed E-state index contributed by atoms with van der Waals surface area (Å²) in [6.45, 7) is 6.70. The molecule has 4 aliphatic rings. The van der Waals surface area contributed by atoms with Crippen molar-refractivity contribution < 1.29 is 9.47 Å². The van der Waals surface area contributed by atoms with Crippen molar-refractivity contribution in [3.8, 4) is 0 Å². The lowest BCUT2D eigenvalue weighted by atomic mass is 9.73. The smallest absolute Gasteiger partial charge is 0.0677 e. The van der Waals surface area contributed by atoms with Crippen LogP contribution in [0.25, 0.3) is 0 Å². The number of likely N-dealkylation sites (tertiary alicyclic amines) is 1. The third kappa shape index (κ3) is 3.05. The molecule has 2 aliphatic carbocycles. The van der Waals surface area contributed by atoms with Gasteiger partial charge in [-0.05, 0) is 56.8 Å². The molecule has 3 heteroatoms. The molecule has 0 radical (unpaired) electrons. The number of rotatable bonds is 6. The van der Waals surface area contributed by atoms with Gasteiger partial charge >= 0.3 is 0 Å². The van der Waals surface area contributed by atoms with Gasteiger partial charge in [0.2, 0.25) is 0 Å². The maximum Gasteiger partial charge on any atom is 0.0677 e. The highest BCUT2D eigenvalue weighted by Gasteiger charge is 2.46. The van der Waals surface area contributed by atoms with Gasteiger partial charge in [0.05, 0.1) is 12.7 Å². The summed E-state index contributed by atoms with van der Waals surface area (Å²) in [6.07, 6.45) is 9.92. The Bertz CT molecular complexity index is 340. The van der Waals surface area contributed by atoms with Crippen LogP contribution in [0.15, 0.2) is 0 Å². The summed E-state index contributed by atoms with van der Waals surface area (Å²) >= 11 is 0. The van der Waals surface area contributed by atoms with Crippen molar-refractivity contribution in [3.05, 3.63) is 0 Å². The van der Waals surface area contributed by atoms with Gasteiger partial charge in [0.1, 0.15) is 0 Å². The van der Waals surface area contributed by atoms with Crippen molar-refractivity contribution in [1.29, 1.82) is 0 Å². The van der Waals surface area contributed by atoms with Crippen molar-refractivity contribution in [2.75, 3.05) is 39.5 Å². The van der Waals surface area contributed by atoms with Crippen LogP contribution in [0.4, 0.5) is 0 Å². The van der Waals surface area contributed by atoms with Crippen molar-refractivity contribution in [3.63, 3.8) is 0 Å². The van der Waals surface area contributed by atoms with Crippen LogP contribution >= 0.6 is 0 Å². The number of hydrogen-bond donors (Lipinski definition) is 0. The first-order valence-electron chi connectivity index (χ1n) is 8.76. The molecule has 0 amide bonds. The molecule has 0 N–H and O–H groups in total. The zero-order chi connectivity index (χ0) is 13.4. The predicted molar refractivity (Wildman–Crippen MR) is 78.7 cm³/mol. The Balaban J connectivity index is 1.38. The highest BCUT2D eigenvalue weighted by molar-refractivity contribution is 4.97. The molecule has 3 nitrogen and oxygen atoms in total. The number of piperidine rings is 1. The molecule has 20 heavy (non-hydrogen) atoms. The van der Waals surface area contributed by atoms with Crippen LogP contribution < -0.4 is 0 Å². The van der Waals surface area contributed by atoms with E-state index in [4.69, 9.17) is 9.47 Å². The third-order valence-electron chi connectivity index (χ3n) is 5.72. The highest BCUT2D eigenvalue weighted by Crippen LogP contribution is 2.42. The first-order chi connectivity index (χ1) is 9.84. The van der Waals surface area contributed by atoms with E-state index in [1.54, 1.807) is 0 Å². The molecule has 2 heterocycles. The molecule has 0 aromatic rings. The Kier molecular flexibility index (Phi) is 3.78. The van der Waals surface area contributed by atoms with E-state index in [2.05, 4.69) is 4.90 Å². The maximum atomic E-state index is 6.12. The van der Waals surface area contributed by atoms with Crippen molar-refractivity contribution in [1.82, 2.24) is 4.90 Å². The zero-order valence-corrected chi connectivity index (χ0v) is 12.7. The van der Waals surface area contributed by atoms with E-state index in [9.17, 15) is 0 Å². The number of fused-ring (bicyclic) bond motifs is 1. The molecule has 4 rings (SSSR count). The van der Waals surface area contributed by atoms with Gasteiger partial charge in [-0.15, -0.1) is 0 Å². The van der Waals surface area contributed by atoms with Crippen LogP contribution in [-0.2, 0) is 9.47 Å². The molecule has 2 saturated heterocycles. The van der Waals surface area contributed by atoms with E-state index in [1.807, 2.05) is 0 Å². The van der Waals surface area contributed by atoms with Crippen molar-refractivity contribution in [2.24, 2.45) is 17.3 Å². The van der Waals surface area contributed by atoms with E-state index in [0.717, 1.165) is 31.7 Å². The molecule has 4 fully saturated rings. The van der Waals surface area contributed by atoms with Crippen LogP contribution in [0.2, 0.25) is 0 Å². The minimum Gasteiger partial charge on any atom is -0.380 e. The Morgan fingerprint density at radius 1 is 1.10 bits per heavy atom. The standard InChI is InChI=1S/C17H29NO2/c1-7-17(13-19-11-15-4-5-15)12-18(10-14-2-3-14)8-6-16(17)20-9-1/h14-16H,1-13H2/t16-,17+/m1/s1. The Morgan fingerprint density at radius 2 is 1.95 bits per heavy atom. The Labute approximate surface area is 123 Å².